The van der Waals surface area contributed by atoms with Crippen molar-refractivity contribution in [3.8, 4) is 5.88 Å². The normalized spacial score (nSPS) is 13.2. The molecule has 0 aliphatic heterocycles. The largest absolute Gasteiger partial charge is 0.480 e. The summed E-state index contributed by atoms with van der Waals surface area (Å²) in [7, 11) is 1.60. The Morgan fingerprint density at radius 3 is 2.73 bits per heavy atom. The van der Waals surface area contributed by atoms with Crippen LogP contribution >= 0.6 is 11.3 Å². The minimum absolute atomic E-state index is 0.405. The highest BCUT2D eigenvalue weighted by Gasteiger charge is 2.13. The number of hydrogen-bond acceptors (Lipinski definition) is 5. The van der Waals surface area contributed by atoms with Gasteiger partial charge in [0.15, 0.2) is 10.5 Å². The lowest BCUT2D eigenvalue weighted by atomic mass is 10.0. The lowest BCUT2D eigenvalue weighted by Gasteiger charge is -2.07. The Kier molecular flexibility index (Phi) is 5.66. The summed E-state index contributed by atoms with van der Waals surface area (Å²) in [5.74, 6) is 0.943. The van der Waals surface area contributed by atoms with Gasteiger partial charge in [0.05, 0.1) is 13.3 Å². The molecule has 22 heavy (non-hydrogen) atoms. The van der Waals surface area contributed by atoms with Crippen LogP contribution in [-0.2, 0) is 0 Å². The zero-order chi connectivity index (χ0) is 16.1. The first-order valence-electron chi connectivity index (χ1n) is 7.47. The molecule has 0 fully saturated rings. The molecule has 2 aromatic heterocycles. The topological polar surface area (TPSA) is 47.9 Å². The summed E-state index contributed by atoms with van der Waals surface area (Å²) in [5.41, 5.74) is 3.43. The van der Waals surface area contributed by atoms with Crippen LogP contribution in [0.1, 0.15) is 51.5 Å². The summed E-state index contributed by atoms with van der Waals surface area (Å²) in [6, 6.07) is 0. The molecule has 0 saturated carbocycles. The van der Waals surface area contributed by atoms with E-state index in [1.807, 2.05) is 0 Å². The quantitative estimate of drug-likeness (QED) is 0.712. The summed E-state index contributed by atoms with van der Waals surface area (Å²) in [6.45, 7) is 8.62. The molecule has 0 aliphatic rings. The van der Waals surface area contributed by atoms with Crippen molar-refractivity contribution < 1.29 is 4.74 Å². The second-order valence-electron chi connectivity index (χ2n) is 5.79. The Morgan fingerprint density at radius 1 is 1.27 bits per heavy atom. The number of rotatable bonds is 6. The summed E-state index contributed by atoms with van der Waals surface area (Å²) < 4.78 is 5.11. The van der Waals surface area contributed by atoms with Gasteiger partial charge >= 0.3 is 0 Å². The molecule has 2 heterocycles. The van der Waals surface area contributed by atoms with Gasteiger partial charge in [0.2, 0.25) is 5.88 Å². The Morgan fingerprint density at radius 2 is 2.05 bits per heavy atom. The fourth-order valence-corrected chi connectivity index (χ4v) is 2.97. The Hall–Kier alpha value is -1.75. The van der Waals surface area contributed by atoms with Crippen LogP contribution in [0.25, 0.3) is 10.5 Å². The van der Waals surface area contributed by atoms with Crippen LogP contribution in [0, 0.1) is 0 Å². The maximum absolute atomic E-state index is 5.11. The number of hydrogen-bond donors (Lipinski definition) is 0. The van der Waals surface area contributed by atoms with Gasteiger partial charge in [-0.15, -0.1) is 0 Å². The molecule has 0 radical (unpaired) electrons. The second kappa shape index (κ2) is 7.49. The van der Waals surface area contributed by atoms with Gasteiger partial charge in [-0.2, -0.15) is 4.98 Å². The molecule has 0 aromatic carbocycles. The number of ether oxygens (including phenoxy) is 1. The maximum atomic E-state index is 5.11. The Labute approximate surface area is 136 Å². The smallest absolute Gasteiger partial charge is 0.233 e. The van der Waals surface area contributed by atoms with E-state index in [0.717, 1.165) is 22.7 Å². The standard InChI is InChI=1S/C17H23N3OS/c1-11(2)6-7-12(3)8-9-13(4)16-20-15-17(22-16)19-14(21-5)10-18-15/h6-7,10,13H,8-9H2,1-5H3/b12-7-. The molecule has 4 nitrogen and oxygen atoms in total. The Bertz CT molecular complexity index is 699. The fourth-order valence-electron chi connectivity index (χ4n) is 1.99. The first kappa shape index (κ1) is 16.6. The van der Waals surface area contributed by atoms with Crippen molar-refractivity contribution in [1.82, 2.24) is 15.0 Å². The molecular formula is C17H23N3OS. The lowest BCUT2D eigenvalue weighted by Crippen LogP contribution is -1.93. The molecule has 0 aliphatic carbocycles. The number of nitrogens with zero attached hydrogens (tertiary/aromatic N) is 3. The third-order valence-corrected chi connectivity index (χ3v) is 4.59. The average Bonchev–Trinajstić information content (AvgIpc) is 2.93. The molecule has 118 valence electrons. The highest BCUT2D eigenvalue weighted by atomic mass is 32.1. The lowest BCUT2D eigenvalue weighted by molar-refractivity contribution is 0.398. The Balaban J connectivity index is 2.05. The van der Waals surface area contributed by atoms with E-state index in [1.54, 1.807) is 24.6 Å². The van der Waals surface area contributed by atoms with Crippen molar-refractivity contribution in [2.45, 2.75) is 46.5 Å². The number of thiazole rings is 1. The predicted octanol–water partition coefficient (Wildman–Crippen LogP) is 4.89. The van der Waals surface area contributed by atoms with Crippen molar-refractivity contribution in [2.24, 2.45) is 0 Å². The van der Waals surface area contributed by atoms with E-state index in [4.69, 9.17) is 4.74 Å². The van der Waals surface area contributed by atoms with Crippen molar-refractivity contribution in [3.05, 3.63) is 34.5 Å². The third kappa shape index (κ3) is 4.37. The van der Waals surface area contributed by atoms with E-state index in [1.165, 1.54) is 11.1 Å². The minimum atomic E-state index is 0.405. The molecule has 2 aromatic rings. The van der Waals surface area contributed by atoms with Crippen LogP contribution in [0.5, 0.6) is 5.88 Å². The highest BCUT2D eigenvalue weighted by molar-refractivity contribution is 7.18. The molecule has 1 atom stereocenters. The van der Waals surface area contributed by atoms with Gasteiger partial charge in [0.25, 0.3) is 0 Å². The van der Waals surface area contributed by atoms with Crippen LogP contribution in [0.15, 0.2) is 29.5 Å². The van der Waals surface area contributed by atoms with Crippen molar-refractivity contribution in [3.63, 3.8) is 0 Å². The fraction of sp³-hybridized carbons (Fsp3) is 0.471. The van der Waals surface area contributed by atoms with Crippen molar-refractivity contribution in [2.75, 3.05) is 7.11 Å². The maximum Gasteiger partial charge on any atom is 0.233 e. The molecule has 0 bridgehead atoms. The number of allylic oxidation sites excluding steroid dienone is 4. The predicted molar refractivity (Wildman–Crippen MR) is 92.6 cm³/mol. The number of aromatic nitrogens is 3. The number of fused-ring (bicyclic) bond motifs is 1. The van der Waals surface area contributed by atoms with E-state index in [-0.39, 0.29) is 0 Å². The van der Waals surface area contributed by atoms with Crippen LogP contribution in [0.4, 0.5) is 0 Å². The summed E-state index contributed by atoms with van der Waals surface area (Å²) >= 11 is 1.61. The summed E-state index contributed by atoms with van der Waals surface area (Å²) in [4.78, 5) is 14.1. The van der Waals surface area contributed by atoms with Crippen LogP contribution in [0.3, 0.4) is 0 Å². The van der Waals surface area contributed by atoms with Crippen LogP contribution in [0.2, 0.25) is 0 Å². The SMILES string of the molecule is COc1cnc2nc(C(C)CC/C(C)=C\C=C(C)C)sc2n1. The monoisotopic (exact) mass is 317 g/mol. The van der Waals surface area contributed by atoms with Gasteiger partial charge in [-0.25, -0.2) is 9.97 Å². The summed E-state index contributed by atoms with van der Waals surface area (Å²) in [5, 5.41) is 1.10. The van der Waals surface area contributed by atoms with E-state index >= 15 is 0 Å². The second-order valence-corrected chi connectivity index (χ2v) is 6.80. The molecule has 0 amide bonds. The molecular weight excluding hydrogens is 294 g/mol. The zero-order valence-corrected chi connectivity index (χ0v) is 14.7. The van der Waals surface area contributed by atoms with Gasteiger partial charge in [0, 0.05) is 5.92 Å². The van der Waals surface area contributed by atoms with E-state index < -0.39 is 0 Å². The number of methoxy groups -OCH3 is 1. The van der Waals surface area contributed by atoms with E-state index in [9.17, 15) is 0 Å². The van der Waals surface area contributed by atoms with E-state index in [2.05, 4.69) is 54.8 Å². The highest BCUT2D eigenvalue weighted by Crippen LogP contribution is 2.29. The molecule has 1 unspecified atom stereocenters. The molecule has 0 N–H and O–H groups in total. The molecule has 2 rings (SSSR count). The van der Waals surface area contributed by atoms with Gasteiger partial charge < -0.3 is 4.74 Å². The average molecular weight is 317 g/mol. The first-order chi connectivity index (χ1) is 10.5. The summed E-state index contributed by atoms with van der Waals surface area (Å²) in [6.07, 6.45) is 8.13. The van der Waals surface area contributed by atoms with Gasteiger partial charge in [0.1, 0.15) is 5.01 Å². The minimum Gasteiger partial charge on any atom is -0.480 e. The van der Waals surface area contributed by atoms with Gasteiger partial charge in [-0.1, -0.05) is 41.6 Å². The molecule has 0 saturated heterocycles. The van der Waals surface area contributed by atoms with Crippen LogP contribution < -0.4 is 4.74 Å². The van der Waals surface area contributed by atoms with Crippen LogP contribution in [-0.4, -0.2) is 22.1 Å². The zero-order valence-electron chi connectivity index (χ0n) is 13.9. The van der Waals surface area contributed by atoms with Gasteiger partial charge in [-0.05, 0) is 33.6 Å². The van der Waals surface area contributed by atoms with Crippen molar-refractivity contribution >= 4 is 21.8 Å². The van der Waals surface area contributed by atoms with Crippen molar-refractivity contribution in [1.29, 1.82) is 0 Å². The third-order valence-electron chi connectivity index (χ3n) is 3.42. The van der Waals surface area contributed by atoms with E-state index in [0.29, 0.717) is 17.4 Å². The molecule has 5 heteroatoms. The van der Waals surface area contributed by atoms with Gasteiger partial charge in [-0.3, -0.25) is 0 Å². The molecule has 0 spiro atoms. The first-order valence-corrected chi connectivity index (χ1v) is 8.29.